The summed E-state index contributed by atoms with van der Waals surface area (Å²) in [5.41, 5.74) is 2.97. The summed E-state index contributed by atoms with van der Waals surface area (Å²) in [6.45, 7) is 4.43. The molecule has 6 nitrogen and oxygen atoms in total. The van der Waals surface area contributed by atoms with Crippen LogP contribution in [-0.4, -0.2) is 26.4 Å². The number of rotatable bonds is 8. The monoisotopic (exact) mass is 466 g/mol. The summed E-state index contributed by atoms with van der Waals surface area (Å²) < 4.78 is 7.48. The number of carbonyl (C=O) groups is 1. The van der Waals surface area contributed by atoms with Gasteiger partial charge in [-0.3, -0.25) is 9.36 Å². The number of nitrogens with zero attached hydrogens (tertiary/aromatic N) is 3. The molecule has 0 radical (unpaired) electrons. The highest BCUT2D eigenvalue weighted by molar-refractivity contribution is 7.99. The number of halogens is 1. The number of benzene rings is 2. The molecule has 0 spiro atoms. The molecule has 0 saturated carbocycles. The first-order valence-corrected chi connectivity index (χ1v) is 11.6. The molecular formula is C24H23ClN4O2S. The molecule has 1 atom stereocenters. The Morgan fingerprint density at radius 2 is 1.97 bits per heavy atom. The first-order valence-electron chi connectivity index (χ1n) is 10.2. The number of carbonyl (C=O) groups excluding carboxylic acids is 1. The lowest BCUT2D eigenvalue weighted by Gasteiger charge is -2.15. The van der Waals surface area contributed by atoms with Gasteiger partial charge in [0.05, 0.1) is 30.2 Å². The van der Waals surface area contributed by atoms with Crippen LogP contribution >= 0.6 is 23.4 Å². The standard InChI is InChI=1S/C24H23ClN4O2S/c1-16(19-9-6-10-20(25)13-19)26-22(30)15-32-24-28-27-23(21-11-12-31-17(21)2)29(24)14-18-7-4-3-5-8-18/h3-13,16H,14-15H2,1-2H3,(H,26,30)/t16-/m0/s1. The summed E-state index contributed by atoms with van der Waals surface area (Å²) >= 11 is 7.42. The van der Waals surface area contributed by atoms with Gasteiger partial charge >= 0.3 is 0 Å². The molecular weight excluding hydrogens is 444 g/mol. The molecule has 0 aliphatic rings. The first kappa shape index (κ1) is 22.2. The lowest BCUT2D eigenvalue weighted by atomic mass is 10.1. The van der Waals surface area contributed by atoms with E-state index < -0.39 is 0 Å². The lowest BCUT2D eigenvalue weighted by molar-refractivity contribution is -0.119. The van der Waals surface area contributed by atoms with Crippen molar-refractivity contribution in [1.82, 2.24) is 20.1 Å². The zero-order valence-electron chi connectivity index (χ0n) is 17.8. The van der Waals surface area contributed by atoms with Gasteiger partial charge in [0.1, 0.15) is 5.76 Å². The van der Waals surface area contributed by atoms with E-state index in [-0.39, 0.29) is 17.7 Å². The van der Waals surface area contributed by atoms with Gasteiger partial charge in [-0.25, -0.2) is 0 Å². The van der Waals surface area contributed by atoms with Gasteiger partial charge in [-0.1, -0.05) is 65.8 Å². The Morgan fingerprint density at radius 3 is 2.69 bits per heavy atom. The van der Waals surface area contributed by atoms with E-state index >= 15 is 0 Å². The highest BCUT2D eigenvalue weighted by Crippen LogP contribution is 2.28. The van der Waals surface area contributed by atoms with Crippen LogP contribution in [0.25, 0.3) is 11.4 Å². The van der Waals surface area contributed by atoms with E-state index in [0.29, 0.717) is 16.7 Å². The summed E-state index contributed by atoms with van der Waals surface area (Å²) in [5, 5.41) is 13.1. The molecule has 0 aliphatic carbocycles. The molecule has 0 bridgehead atoms. The van der Waals surface area contributed by atoms with Crippen LogP contribution in [0.15, 0.2) is 76.5 Å². The Kier molecular flexibility index (Phi) is 6.97. The molecule has 2 aromatic carbocycles. The molecule has 0 unspecified atom stereocenters. The van der Waals surface area contributed by atoms with Crippen LogP contribution in [-0.2, 0) is 11.3 Å². The Bertz CT molecular complexity index is 1210. The summed E-state index contributed by atoms with van der Waals surface area (Å²) in [6, 6.07) is 19.3. The number of aryl methyl sites for hydroxylation is 1. The third-order valence-corrected chi connectivity index (χ3v) is 6.26. The average molecular weight is 467 g/mol. The first-order chi connectivity index (χ1) is 15.5. The Labute approximate surface area is 196 Å². The number of hydrogen-bond donors (Lipinski definition) is 1. The largest absolute Gasteiger partial charge is 0.469 e. The molecule has 32 heavy (non-hydrogen) atoms. The fourth-order valence-electron chi connectivity index (χ4n) is 3.39. The Balaban J connectivity index is 1.50. The number of furan rings is 1. The third-order valence-electron chi connectivity index (χ3n) is 5.06. The molecule has 0 fully saturated rings. The second kappa shape index (κ2) is 10.1. The zero-order chi connectivity index (χ0) is 22.5. The smallest absolute Gasteiger partial charge is 0.230 e. The van der Waals surface area contributed by atoms with Crippen molar-refractivity contribution in [1.29, 1.82) is 0 Å². The minimum Gasteiger partial charge on any atom is -0.469 e. The summed E-state index contributed by atoms with van der Waals surface area (Å²) in [5.74, 6) is 1.63. The van der Waals surface area contributed by atoms with Crippen molar-refractivity contribution in [2.24, 2.45) is 0 Å². The van der Waals surface area contributed by atoms with Gasteiger partial charge in [0, 0.05) is 5.02 Å². The van der Waals surface area contributed by atoms with Crippen LogP contribution in [0.3, 0.4) is 0 Å². The maximum Gasteiger partial charge on any atom is 0.230 e. The van der Waals surface area contributed by atoms with Gasteiger partial charge in [-0.05, 0) is 43.2 Å². The number of hydrogen-bond acceptors (Lipinski definition) is 5. The molecule has 164 valence electrons. The van der Waals surface area contributed by atoms with Crippen LogP contribution in [0.4, 0.5) is 0 Å². The lowest BCUT2D eigenvalue weighted by Crippen LogP contribution is -2.28. The molecule has 4 rings (SSSR count). The molecule has 1 N–H and O–H groups in total. The molecule has 8 heteroatoms. The van der Waals surface area contributed by atoms with Gasteiger partial charge in [0.15, 0.2) is 11.0 Å². The second-order valence-electron chi connectivity index (χ2n) is 7.40. The summed E-state index contributed by atoms with van der Waals surface area (Å²) in [4.78, 5) is 12.6. The van der Waals surface area contributed by atoms with Crippen molar-refractivity contribution >= 4 is 29.3 Å². The van der Waals surface area contributed by atoms with Gasteiger partial charge < -0.3 is 9.73 Å². The molecule has 4 aromatic rings. The maximum absolute atomic E-state index is 12.6. The number of aromatic nitrogens is 3. The predicted octanol–water partition coefficient (Wildman–Crippen LogP) is 5.52. The van der Waals surface area contributed by atoms with Crippen molar-refractivity contribution in [3.63, 3.8) is 0 Å². The topological polar surface area (TPSA) is 72.9 Å². The molecule has 0 saturated heterocycles. The minimum absolute atomic E-state index is 0.0854. The van der Waals surface area contributed by atoms with E-state index in [1.165, 1.54) is 11.8 Å². The molecule has 2 heterocycles. The number of amides is 1. The number of nitrogens with one attached hydrogen (secondary N) is 1. The van der Waals surface area contributed by atoms with Crippen molar-refractivity contribution in [2.75, 3.05) is 5.75 Å². The third kappa shape index (κ3) is 5.23. The van der Waals surface area contributed by atoms with E-state index in [1.54, 1.807) is 6.26 Å². The molecule has 2 aromatic heterocycles. The maximum atomic E-state index is 12.6. The van der Waals surface area contributed by atoms with Crippen molar-refractivity contribution in [3.8, 4) is 11.4 Å². The molecule has 1 amide bonds. The van der Waals surface area contributed by atoms with E-state index in [1.807, 2.05) is 66.9 Å². The van der Waals surface area contributed by atoms with Crippen LogP contribution in [0, 0.1) is 6.92 Å². The zero-order valence-corrected chi connectivity index (χ0v) is 19.4. The number of thioether (sulfide) groups is 1. The van der Waals surface area contributed by atoms with Crippen molar-refractivity contribution < 1.29 is 9.21 Å². The predicted molar refractivity (Wildman–Crippen MR) is 127 cm³/mol. The second-order valence-corrected chi connectivity index (χ2v) is 8.78. The Morgan fingerprint density at radius 1 is 1.16 bits per heavy atom. The van der Waals surface area contributed by atoms with Crippen molar-refractivity contribution in [2.45, 2.75) is 31.6 Å². The van der Waals surface area contributed by atoms with Gasteiger partial charge in [0.2, 0.25) is 5.91 Å². The van der Waals surface area contributed by atoms with Gasteiger partial charge in [-0.15, -0.1) is 10.2 Å². The van der Waals surface area contributed by atoms with Crippen LogP contribution < -0.4 is 5.32 Å². The Hall–Kier alpha value is -3.03. The quantitative estimate of drug-likeness (QED) is 0.346. The van der Waals surface area contributed by atoms with E-state index in [4.69, 9.17) is 16.0 Å². The van der Waals surface area contributed by atoms with E-state index in [9.17, 15) is 4.79 Å². The van der Waals surface area contributed by atoms with Gasteiger partial charge in [-0.2, -0.15) is 0 Å². The highest BCUT2D eigenvalue weighted by Gasteiger charge is 2.19. The molecule has 0 aliphatic heterocycles. The highest BCUT2D eigenvalue weighted by atomic mass is 35.5. The summed E-state index contributed by atoms with van der Waals surface area (Å²) in [6.07, 6.45) is 1.64. The summed E-state index contributed by atoms with van der Waals surface area (Å²) in [7, 11) is 0. The normalized spacial score (nSPS) is 12.0. The SMILES string of the molecule is Cc1occc1-c1nnc(SCC(=O)N[C@@H](C)c2cccc(Cl)c2)n1Cc1ccccc1. The fourth-order valence-corrected chi connectivity index (χ4v) is 4.34. The van der Waals surface area contributed by atoms with E-state index in [2.05, 4.69) is 27.6 Å². The fraction of sp³-hybridized carbons (Fsp3) is 0.208. The minimum atomic E-state index is -0.145. The van der Waals surface area contributed by atoms with Crippen LogP contribution in [0.1, 0.15) is 29.9 Å². The van der Waals surface area contributed by atoms with Crippen molar-refractivity contribution in [3.05, 3.63) is 88.8 Å². The van der Waals surface area contributed by atoms with Gasteiger partial charge in [0.25, 0.3) is 0 Å². The average Bonchev–Trinajstić information content (AvgIpc) is 3.38. The van der Waals surface area contributed by atoms with Crippen LogP contribution in [0.2, 0.25) is 5.02 Å². The van der Waals surface area contributed by atoms with E-state index in [0.717, 1.165) is 28.3 Å². The van der Waals surface area contributed by atoms with Crippen LogP contribution in [0.5, 0.6) is 0 Å².